The summed E-state index contributed by atoms with van der Waals surface area (Å²) in [5.41, 5.74) is 0.816. The molecule has 0 spiro atoms. The zero-order valence-corrected chi connectivity index (χ0v) is 15.1. The van der Waals surface area contributed by atoms with Gasteiger partial charge >= 0.3 is 0 Å². The van der Waals surface area contributed by atoms with Crippen molar-refractivity contribution in [3.8, 4) is 0 Å². The Morgan fingerprint density at radius 1 is 1.50 bits per heavy atom. The van der Waals surface area contributed by atoms with Crippen LogP contribution in [0.2, 0.25) is 0 Å². The monoisotopic (exact) mass is 335 g/mol. The highest BCUT2D eigenvalue weighted by molar-refractivity contribution is 6.04. The van der Waals surface area contributed by atoms with Gasteiger partial charge in [-0.2, -0.15) is 0 Å². The zero-order chi connectivity index (χ0) is 18.1. The largest absolute Gasteiger partial charge is 0.350 e. The maximum absolute atomic E-state index is 15.0. The van der Waals surface area contributed by atoms with E-state index in [0.29, 0.717) is 17.1 Å². The van der Waals surface area contributed by atoms with E-state index in [9.17, 15) is 8.78 Å². The fourth-order valence-electron chi connectivity index (χ4n) is 3.21. The summed E-state index contributed by atoms with van der Waals surface area (Å²) < 4.78 is 28.5. The summed E-state index contributed by atoms with van der Waals surface area (Å²) in [5.74, 6) is 0.268. The van der Waals surface area contributed by atoms with E-state index in [2.05, 4.69) is 13.2 Å². The van der Waals surface area contributed by atoms with Gasteiger partial charge in [-0.1, -0.05) is 32.2 Å². The van der Waals surface area contributed by atoms with E-state index in [1.165, 1.54) is 6.08 Å². The van der Waals surface area contributed by atoms with Gasteiger partial charge in [-0.05, 0) is 26.7 Å². The Morgan fingerprint density at radius 3 is 2.58 bits per heavy atom. The molecule has 0 aromatic rings. The number of alkyl halides is 1. The summed E-state index contributed by atoms with van der Waals surface area (Å²) in [6.45, 7) is 13.4. The van der Waals surface area contributed by atoms with Crippen LogP contribution in [0.25, 0.3) is 0 Å². The molecule has 2 heterocycles. The molecule has 132 valence electrons. The molecule has 1 fully saturated rings. The summed E-state index contributed by atoms with van der Waals surface area (Å²) in [7, 11) is 1.83. The predicted molar refractivity (Wildman–Crippen MR) is 96.2 cm³/mol. The van der Waals surface area contributed by atoms with Gasteiger partial charge in [0.15, 0.2) is 5.83 Å². The van der Waals surface area contributed by atoms with Gasteiger partial charge in [0.1, 0.15) is 18.7 Å². The number of halogens is 2. The Kier molecular flexibility index (Phi) is 5.31. The third kappa shape index (κ3) is 2.80. The molecule has 24 heavy (non-hydrogen) atoms. The number of nitrogens with zero attached hydrogens (tertiary/aromatic N) is 3. The Balaban J connectivity index is 2.59. The highest BCUT2D eigenvalue weighted by atomic mass is 19.1. The lowest BCUT2D eigenvalue weighted by atomic mass is 9.86. The lowest BCUT2D eigenvalue weighted by molar-refractivity contribution is 0.0467. The first-order valence-electron chi connectivity index (χ1n) is 8.37. The summed E-state index contributed by atoms with van der Waals surface area (Å²) in [5, 5.41) is 0. The van der Waals surface area contributed by atoms with Crippen LogP contribution in [0.5, 0.6) is 0 Å². The molecule has 1 saturated heterocycles. The average Bonchev–Trinajstić information content (AvgIpc) is 2.59. The standard InChI is InChI=1S/C19H27F2N3/c1-7-13(4)16(21)17-14(8-2)18(22-15(9-3)23(17)6)24-11-10-19(24,5)12-20/h7-8,15H,1,4,9-12H2,2-3,5-6H3/b14-8+,17-16-. The van der Waals surface area contributed by atoms with Crippen LogP contribution >= 0.6 is 0 Å². The smallest absolute Gasteiger partial charge is 0.153 e. The topological polar surface area (TPSA) is 18.8 Å². The minimum atomic E-state index is -0.557. The number of likely N-dealkylation sites (N-methyl/N-ethyl adjacent to an activating group) is 1. The minimum Gasteiger partial charge on any atom is -0.350 e. The molecule has 2 atom stereocenters. The SMILES string of the molecule is C=CC(=C)/C(F)=C1\C(=C/C)C(N2CCC2(C)CF)=NC(CC)N1C. The van der Waals surface area contributed by atoms with Crippen LogP contribution in [0.3, 0.4) is 0 Å². The van der Waals surface area contributed by atoms with E-state index in [0.717, 1.165) is 19.4 Å². The number of rotatable bonds is 4. The molecule has 0 amide bonds. The lowest BCUT2D eigenvalue weighted by Gasteiger charge is -2.53. The summed E-state index contributed by atoms with van der Waals surface area (Å²) in [6.07, 6.45) is 4.56. The molecule has 3 nitrogen and oxygen atoms in total. The van der Waals surface area contributed by atoms with Crippen LogP contribution in [-0.4, -0.2) is 47.6 Å². The van der Waals surface area contributed by atoms with Crippen molar-refractivity contribution in [1.29, 1.82) is 0 Å². The van der Waals surface area contributed by atoms with Crippen molar-refractivity contribution in [3.05, 3.63) is 48.0 Å². The normalized spacial score (nSPS) is 30.8. The van der Waals surface area contributed by atoms with E-state index in [1.54, 1.807) is 0 Å². The van der Waals surface area contributed by atoms with Gasteiger partial charge in [0.25, 0.3) is 0 Å². The van der Waals surface area contributed by atoms with Crippen molar-refractivity contribution in [3.63, 3.8) is 0 Å². The highest BCUT2D eigenvalue weighted by Gasteiger charge is 2.45. The Morgan fingerprint density at radius 2 is 2.17 bits per heavy atom. The molecular weight excluding hydrogens is 308 g/mol. The van der Waals surface area contributed by atoms with E-state index < -0.39 is 18.0 Å². The molecule has 0 aromatic heterocycles. The first-order valence-corrected chi connectivity index (χ1v) is 8.37. The number of aliphatic imine (C=N–C) groups is 1. The zero-order valence-electron chi connectivity index (χ0n) is 15.1. The molecule has 0 aromatic carbocycles. The number of allylic oxidation sites excluding steroid dienone is 4. The van der Waals surface area contributed by atoms with Crippen molar-refractivity contribution >= 4 is 5.84 Å². The summed E-state index contributed by atoms with van der Waals surface area (Å²) in [4.78, 5) is 8.58. The van der Waals surface area contributed by atoms with Crippen LogP contribution in [0, 0.1) is 0 Å². The second-order valence-electron chi connectivity index (χ2n) is 6.58. The maximum atomic E-state index is 15.0. The van der Waals surface area contributed by atoms with Gasteiger partial charge in [-0.3, -0.25) is 0 Å². The van der Waals surface area contributed by atoms with Crippen molar-refractivity contribution < 1.29 is 8.78 Å². The second kappa shape index (κ2) is 6.91. The third-order valence-electron chi connectivity index (χ3n) is 5.03. The summed E-state index contributed by atoms with van der Waals surface area (Å²) >= 11 is 0. The van der Waals surface area contributed by atoms with Gasteiger partial charge in [0.2, 0.25) is 0 Å². The van der Waals surface area contributed by atoms with Crippen molar-refractivity contribution in [2.45, 2.75) is 45.3 Å². The van der Waals surface area contributed by atoms with Gasteiger partial charge < -0.3 is 9.80 Å². The molecule has 2 rings (SSSR count). The Hall–Kier alpha value is -1.91. The van der Waals surface area contributed by atoms with Crippen molar-refractivity contribution in [2.75, 3.05) is 20.3 Å². The van der Waals surface area contributed by atoms with Crippen molar-refractivity contribution in [1.82, 2.24) is 9.80 Å². The molecule has 2 unspecified atom stereocenters. The van der Waals surface area contributed by atoms with Gasteiger partial charge in [0.05, 0.1) is 11.2 Å². The van der Waals surface area contributed by atoms with Crippen LogP contribution in [-0.2, 0) is 0 Å². The van der Waals surface area contributed by atoms with E-state index in [-0.39, 0.29) is 11.7 Å². The number of hydrogen-bond acceptors (Lipinski definition) is 3. The summed E-state index contributed by atoms with van der Waals surface area (Å²) in [6, 6.07) is 0. The van der Waals surface area contributed by atoms with E-state index in [4.69, 9.17) is 4.99 Å². The second-order valence-corrected chi connectivity index (χ2v) is 6.58. The highest BCUT2D eigenvalue weighted by Crippen LogP contribution is 2.39. The quantitative estimate of drug-likeness (QED) is 0.711. The van der Waals surface area contributed by atoms with Crippen LogP contribution < -0.4 is 0 Å². The molecule has 0 aliphatic carbocycles. The third-order valence-corrected chi connectivity index (χ3v) is 5.03. The van der Waals surface area contributed by atoms with Gasteiger partial charge in [0, 0.05) is 24.7 Å². The Labute approximate surface area is 143 Å². The van der Waals surface area contributed by atoms with Crippen LogP contribution in [0.1, 0.15) is 33.6 Å². The Bertz CT molecular complexity index is 629. The number of likely N-dealkylation sites (tertiary alicyclic amines) is 1. The van der Waals surface area contributed by atoms with Crippen molar-refractivity contribution in [2.24, 2.45) is 4.99 Å². The predicted octanol–water partition coefficient (Wildman–Crippen LogP) is 4.37. The molecular formula is C19H27F2N3. The number of amidine groups is 1. The minimum absolute atomic E-state index is 0.188. The molecule has 0 bridgehead atoms. The fourth-order valence-corrected chi connectivity index (χ4v) is 3.21. The fraction of sp³-hybridized carbons (Fsp3) is 0.526. The lowest BCUT2D eigenvalue weighted by Crippen LogP contribution is -2.63. The molecule has 0 radical (unpaired) electrons. The van der Waals surface area contributed by atoms with Crippen LogP contribution in [0.4, 0.5) is 8.78 Å². The van der Waals surface area contributed by atoms with Gasteiger partial charge in [-0.25, -0.2) is 13.8 Å². The maximum Gasteiger partial charge on any atom is 0.153 e. The molecule has 0 saturated carbocycles. The van der Waals surface area contributed by atoms with E-state index >= 15 is 0 Å². The van der Waals surface area contributed by atoms with E-state index in [1.807, 2.05) is 43.7 Å². The first-order chi connectivity index (χ1) is 11.3. The number of hydrogen-bond donors (Lipinski definition) is 0. The molecule has 5 heteroatoms. The molecule has 2 aliphatic rings. The average molecular weight is 335 g/mol. The van der Waals surface area contributed by atoms with Gasteiger partial charge in [-0.15, -0.1) is 0 Å². The first kappa shape index (κ1) is 18.4. The van der Waals surface area contributed by atoms with Crippen LogP contribution in [0.15, 0.2) is 53.0 Å². The molecule has 0 N–H and O–H groups in total. The molecule has 2 aliphatic heterocycles.